The highest BCUT2D eigenvalue weighted by molar-refractivity contribution is 5.94. The van der Waals surface area contributed by atoms with Gasteiger partial charge in [-0.2, -0.15) is 0 Å². The molecule has 0 aromatic carbocycles. The van der Waals surface area contributed by atoms with Gasteiger partial charge in [-0.1, -0.05) is 0 Å². The van der Waals surface area contributed by atoms with Crippen LogP contribution in [0.5, 0.6) is 0 Å². The molecule has 0 atom stereocenters. The number of imide groups is 1. The number of primary amides is 1. The number of urea groups is 1. The third-order valence-electron chi connectivity index (χ3n) is 1.93. The fraction of sp³-hybridized carbons (Fsp3) is 0.200. The Balaban J connectivity index is 2.52. The van der Waals surface area contributed by atoms with E-state index in [1.165, 1.54) is 18.3 Å². The highest BCUT2D eigenvalue weighted by atomic mass is 16.5. The summed E-state index contributed by atoms with van der Waals surface area (Å²) in [6.07, 6.45) is 1.27. The number of rotatable bonds is 4. The molecule has 5 N–H and O–H groups in total. The largest absolute Gasteiger partial charge is 0.454 e. The number of nitrogens with one attached hydrogen (secondary N) is 1. The van der Waals surface area contributed by atoms with Gasteiger partial charge in [0.15, 0.2) is 6.61 Å². The molecule has 1 heterocycles. The average Bonchev–Trinajstić information content (AvgIpc) is 2.30. The predicted molar refractivity (Wildman–Crippen MR) is 63.8 cm³/mol. The number of hydrogen-bond acceptors (Lipinski definition) is 6. The van der Waals surface area contributed by atoms with Crippen LogP contribution in [-0.2, 0) is 20.9 Å². The zero-order valence-electron chi connectivity index (χ0n) is 9.79. The third-order valence-corrected chi connectivity index (χ3v) is 1.93. The van der Waals surface area contributed by atoms with Gasteiger partial charge >= 0.3 is 12.0 Å². The molecule has 1 aromatic rings. The van der Waals surface area contributed by atoms with E-state index in [2.05, 4.69) is 10.5 Å². The Morgan fingerprint density at radius 2 is 2.00 bits per heavy atom. The van der Waals surface area contributed by atoms with Gasteiger partial charge in [-0.05, 0) is 6.07 Å². The fourth-order valence-electron chi connectivity index (χ4n) is 1.18. The third kappa shape index (κ3) is 4.89. The van der Waals surface area contributed by atoms with Crippen LogP contribution in [0.3, 0.4) is 0 Å². The molecule has 0 fully saturated rings. The van der Waals surface area contributed by atoms with Crippen molar-refractivity contribution in [3.05, 3.63) is 28.7 Å². The Hall–Kier alpha value is -2.84. The van der Waals surface area contributed by atoms with Crippen molar-refractivity contribution in [1.82, 2.24) is 9.88 Å². The molecule has 1 rings (SSSR count). The lowest BCUT2D eigenvalue weighted by molar-refractivity contribution is -0.148. The topological polar surface area (TPSA) is 147 Å². The van der Waals surface area contributed by atoms with E-state index in [9.17, 15) is 19.2 Å². The fourth-order valence-corrected chi connectivity index (χ4v) is 1.18. The molecule has 0 aliphatic carbocycles. The van der Waals surface area contributed by atoms with Crippen LogP contribution in [0, 0.1) is 0 Å². The summed E-state index contributed by atoms with van der Waals surface area (Å²) in [6, 6.07) is 1.54. The van der Waals surface area contributed by atoms with Crippen LogP contribution in [0.15, 0.2) is 23.1 Å². The number of carbonyl (C=O) groups is 3. The molecule has 9 nitrogen and oxygen atoms in total. The molecule has 0 unspecified atom stereocenters. The smallest absolute Gasteiger partial charge is 0.326 e. The Morgan fingerprint density at radius 3 is 2.63 bits per heavy atom. The van der Waals surface area contributed by atoms with E-state index in [0.717, 1.165) is 4.57 Å². The minimum Gasteiger partial charge on any atom is -0.454 e. The molecule has 9 heteroatoms. The molecule has 102 valence electrons. The van der Waals surface area contributed by atoms with Gasteiger partial charge in [-0.15, -0.1) is 0 Å². The predicted octanol–water partition coefficient (Wildman–Crippen LogP) is -1.83. The van der Waals surface area contributed by atoms with E-state index >= 15 is 0 Å². The number of esters is 1. The maximum absolute atomic E-state index is 11.3. The first kappa shape index (κ1) is 14.2. The maximum Gasteiger partial charge on any atom is 0.326 e. The maximum atomic E-state index is 11.3. The van der Waals surface area contributed by atoms with Crippen molar-refractivity contribution in [1.29, 1.82) is 0 Å². The van der Waals surface area contributed by atoms with E-state index in [1.54, 1.807) is 5.32 Å². The van der Waals surface area contributed by atoms with Gasteiger partial charge in [0.1, 0.15) is 6.54 Å². The van der Waals surface area contributed by atoms with Gasteiger partial charge in [0.25, 0.3) is 11.5 Å². The van der Waals surface area contributed by atoms with Gasteiger partial charge in [-0.25, -0.2) is 4.79 Å². The number of aromatic nitrogens is 1. The number of amides is 3. The zero-order chi connectivity index (χ0) is 14.4. The number of pyridine rings is 1. The second kappa shape index (κ2) is 6.19. The van der Waals surface area contributed by atoms with Crippen molar-refractivity contribution in [3.8, 4) is 0 Å². The molecule has 0 bridgehead atoms. The van der Waals surface area contributed by atoms with Crippen molar-refractivity contribution >= 4 is 23.6 Å². The molecular formula is C10H12N4O5. The molecule has 0 radical (unpaired) electrons. The van der Waals surface area contributed by atoms with Crippen molar-refractivity contribution in [2.75, 3.05) is 12.3 Å². The molecule has 0 saturated carbocycles. The number of carbonyl (C=O) groups excluding carboxylic acids is 3. The minimum atomic E-state index is -1.05. The SMILES string of the molecule is NC(=O)NC(=O)COC(=O)Cn1cc(N)ccc1=O. The molecule has 1 aromatic heterocycles. The Labute approximate surface area is 107 Å². The standard InChI is InChI=1S/C10H12N4O5/c11-6-1-2-8(16)14(3-6)4-9(17)19-5-7(15)13-10(12)18/h1-3H,4-5,11H2,(H3,12,13,15,18). The number of nitrogens with zero attached hydrogens (tertiary/aromatic N) is 1. The van der Waals surface area contributed by atoms with Crippen molar-refractivity contribution in [3.63, 3.8) is 0 Å². The Kier molecular flexibility index (Phi) is 4.63. The van der Waals surface area contributed by atoms with E-state index in [1.807, 2.05) is 0 Å². The lowest BCUT2D eigenvalue weighted by Crippen LogP contribution is -2.38. The molecule has 0 spiro atoms. The Bertz CT molecular complexity index is 565. The normalized spacial score (nSPS) is 9.68. The quantitative estimate of drug-likeness (QED) is 0.547. The molecule has 0 aliphatic heterocycles. The average molecular weight is 268 g/mol. The second-order valence-corrected chi connectivity index (χ2v) is 3.50. The van der Waals surface area contributed by atoms with Crippen LogP contribution >= 0.6 is 0 Å². The minimum absolute atomic E-state index is 0.305. The van der Waals surface area contributed by atoms with Gasteiger partial charge in [0.2, 0.25) is 0 Å². The van der Waals surface area contributed by atoms with Gasteiger partial charge in [0, 0.05) is 18.0 Å². The summed E-state index contributed by atoms with van der Waals surface area (Å²) in [5.74, 6) is -1.69. The summed E-state index contributed by atoms with van der Waals surface area (Å²) in [7, 11) is 0. The van der Waals surface area contributed by atoms with E-state index in [4.69, 9.17) is 5.73 Å². The first-order valence-electron chi connectivity index (χ1n) is 5.09. The highest BCUT2D eigenvalue weighted by Crippen LogP contribution is 1.96. The van der Waals surface area contributed by atoms with Gasteiger partial charge in [0.05, 0.1) is 0 Å². The van der Waals surface area contributed by atoms with Crippen molar-refractivity contribution < 1.29 is 19.1 Å². The highest BCUT2D eigenvalue weighted by Gasteiger charge is 2.10. The molecule has 0 aliphatic rings. The van der Waals surface area contributed by atoms with Crippen LogP contribution in [0.1, 0.15) is 0 Å². The van der Waals surface area contributed by atoms with Crippen LogP contribution < -0.4 is 22.3 Å². The monoisotopic (exact) mass is 268 g/mol. The summed E-state index contributed by atoms with van der Waals surface area (Å²) in [6.45, 7) is -1.06. The number of ether oxygens (including phenoxy) is 1. The molecule has 3 amide bonds. The molecular weight excluding hydrogens is 256 g/mol. The van der Waals surface area contributed by atoms with E-state index in [0.29, 0.717) is 5.69 Å². The van der Waals surface area contributed by atoms with Crippen molar-refractivity contribution in [2.24, 2.45) is 5.73 Å². The summed E-state index contributed by atoms with van der Waals surface area (Å²) in [5, 5.41) is 1.72. The van der Waals surface area contributed by atoms with E-state index < -0.39 is 36.6 Å². The van der Waals surface area contributed by atoms with E-state index in [-0.39, 0.29) is 0 Å². The number of nitrogen functional groups attached to an aromatic ring is 1. The molecule has 19 heavy (non-hydrogen) atoms. The summed E-state index contributed by atoms with van der Waals surface area (Å²) in [4.78, 5) is 44.0. The first-order valence-corrected chi connectivity index (χ1v) is 5.09. The van der Waals surface area contributed by atoms with Crippen LogP contribution in [-0.4, -0.2) is 29.1 Å². The number of nitrogens with two attached hydrogens (primary N) is 2. The lowest BCUT2D eigenvalue weighted by atomic mass is 10.4. The van der Waals surface area contributed by atoms with Crippen LogP contribution in [0.4, 0.5) is 10.5 Å². The number of hydrogen-bond donors (Lipinski definition) is 3. The molecule has 0 saturated heterocycles. The second-order valence-electron chi connectivity index (χ2n) is 3.50. The zero-order valence-corrected chi connectivity index (χ0v) is 9.79. The van der Waals surface area contributed by atoms with Gasteiger partial charge < -0.3 is 20.8 Å². The van der Waals surface area contributed by atoms with Crippen LogP contribution in [0.25, 0.3) is 0 Å². The van der Waals surface area contributed by atoms with Crippen LogP contribution in [0.2, 0.25) is 0 Å². The van der Waals surface area contributed by atoms with Gasteiger partial charge in [-0.3, -0.25) is 19.7 Å². The van der Waals surface area contributed by atoms with Crippen molar-refractivity contribution in [2.45, 2.75) is 6.54 Å². The lowest BCUT2D eigenvalue weighted by Gasteiger charge is -2.06. The number of anilines is 1. The summed E-state index contributed by atoms with van der Waals surface area (Å²) in [5.41, 5.74) is 10.0. The summed E-state index contributed by atoms with van der Waals surface area (Å²) < 4.78 is 5.58. The Morgan fingerprint density at radius 1 is 1.32 bits per heavy atom. The first-order chi connectivity index (χ1) is 8.88. The summed E-state index contributed by atoms with van der Waals surface area (Å²) >= 11 is 0.